The molecular weight excluding hydrogens is 519 g/mol. The van der Waals surface area contributed by atoms with Gasteiger partial charge in [0.1, 0.15) is 0 Å². The van der Waals surface area contributed by atoms with Gasteiger partial charge >= 0.3 is 6.09 Å². The number of rotatable bonds is 3. The van der Waals surface area contributed by atoms with Crippen molar-refractivity contribution in [3.8, 4) is 11.4 Å². The summed E-state index contributed by atoms with van der Waals surface area (Å²) < 4.78 is -3.41. The Morgan fingerprint density at radius 2 is 1.57 bits per heavy atom. The maximum absolute atomic E-state index is 10.8. The summed E-state index contributed by atoms with van der Waals surface area (Å²) in [4.78, 5) is 25.8. The van der Waals surface area contributed by atoms with Crippen molar-refractivity contribution in [3.63, 3.8) is 0 Å². The van der Waals surface area contributed by atoms with Crippen LogP contribution in [0.25, 0.3) is 11.4 Å². The summed E-state index contributed by atoms with van der Waals surface area (Å²) in [5.74, 6) is 0.604. The highest BCUT2D eigenvalue weighted by Gasteiger charge is 2.31. The SMILES string of the molecule is O=C(O)NC1CCN(c2nc(-c3ccc(C(Cl)(Cl)Cl)cc3)nc(C(Cl)(Cl)Cl)n2)CC1. The fourth-order valence-electron chi connectivity index (χ4n) is 2.97. The van der Waals surface area contributed by atoms with Gasteiger partial charge in [0.15, 0.2) is 11.6 Å². The van der Waals surface area contributed by atoms with Crippen molar-refractivity contribution in [3.05, 3.63) is 35.7 Å². The molecule has 0 aliphatic carbocycles. The third-order valence-corrected chi connectivity index (χ3v) is 5.61. The largest absolute Gasteiger partial charge is 0.465 e. The standard InChI is InChI=1S/C17H15Cl6N5O2/c18-16(19,20)10-3-1-9(2-4-10)12-25-13(17(21,22)23)27-14(26-12)28-7-5-11(6-8-28)24-15(29)30/h1-4,11,24H,5-8H2,(H,29,30). The molecule has 3 rings (SSSR count). The molecule has 0 radical (unpaired) electrons. The fourth-order valence-corrected chi connectivity index (χ4v) is 3.60. The molecule has 7 nitrogen and oxygen atoms in total. The summed E-state index contributed by atoms with van der Waals surface area (Å²) in [7, 11) is 0. The van der Waals surface area contributed by atoms with E-state index < -0.39 is 13.7 Å². The maximum atomic E-state index is 10.8. The Morgan fingerprint density at radius 1 is 0.967 bits per heavy atom. The van der Waals surface area contributed by atoms with Crippen LogP contribution < -0.4 is 10.2 Å². The van der Waals surface area contributed by atoms with Crippen LogP contribution in [-0.4, -0.2) is 45.3 Å². The molecule has 1 amide bonds. The molecule has 0 atom stereocenters. The molecule has 2 N–H and O–H groups in total. The summed E-state index contributed by atoms with van der Waals surface area (Å²) in [5, 5.41) is 11.4. The number of nitrogens with one attached hydrogen (secondary N) is 1. The number of aromatic nitrogens is 3. The lowest BCUT2D eigenvalue weighted by atomic mass is 10.1. The minimum Gasteiger partial charge on any atom is -0.465 e. The second-order valence-corrected chi connectivity index (χ2v) is 11.1. The number of alkyl halides is 6. The van der Waals surface area contributed by atoms with Gasteiger partial charge in [-0.2, -0.15) is 9.97 Å². The van der Waals surface area contributed by atoms with E-state index in [-0.39, 0.29) is 11.9 Å². The minimum absolute atomic E-state index is 0.0243. The average Bonchev–Trinajstić information content (AvgIpc) is 2.66. The van der Waals surface area contributed by atoms with Crippen molar-refractivity contribution < 1.29 is 9.90 Å². The number of carbonyl (C=O) groups is 1. The third kappa shape index (κ3) is 6.05. The Morgan fingerprint density at radius 3 is 2.07 bits per heavy atom. The number of anilines is 1. The summed E-state index contributed by atoms with van der Waals surface area (Å²) in [5.41, 5.74) is 1.11. The summed E-state index contributed by atoms with van der Waals surface area (Å²) >= 11 is 35.8. The minimum atomic E-state index is -1.85. The number of halogens is 6. The van der Waals surface area contributed by atoms with Gasteiger partial charge < -0.3 is 15.3 Å². The smallest absolute Gasteiger partial charge is 0.404 e. The highest BCUT2D eigenvalue weighted by atomic mass is 35.6. The Hall–Kier alpha value is -0.960. The molecular formula is C17H15Cl6N5O2. The van der Waals surface area contributed by atoms with E-state index in [0.29, 0.717) is 48.8 Å². The van der Waals surface area contributed by atoms with E-state index in [1.54, 1.807) is 24.3 Å². The van der Waals surface area contributed by atoms with Crippen molar-refractivity contribution in [2.45, 2.75) is 26.5 Å². The first kappa shape index (κ1) is 23.7. The predicted octanol–water partition coefficient (Wildman–Crippen LogP) is 5.43. The van der Waals surface area contributed by atoms with Crippen molar-refractivity contribution in [2.24, 2.45) is 0 Å². The molecule has 1 aromatic carbocycles. The van der Waals surface area contributed by atoms with Crippen molar-refractivity contribution >= 4 is 81.6 Å². The number of carboxylic acid groups (broad SMARTS) is 1. The van der Waals surface area contributed by atoms with E-state index in [1.165, 1.54) is 0 Å². The van der Waals surface area contributed by atoms with Crippen LogP contribution in [0, 0.1) is 0 Å². The third-order valence-electron chi connectivity index (χ3n) is 4.45. The molecule has 162 valence electrons. The molecule has 1 saturated heterocycles. The van der Waals surface area contributed by atoms with Gasteiger partial charge in [-0.25, -0.2) is 9.78 Å². The molecule has 2 aromatic rings. The lowest BCUT2D eigenvalue weighted by Gasteiger charge is -2.32. The highest BCUT2D eigenvalue weighted by Crippen LogP contribution is 2.39. The van der Waals surface area contributed by atoms with Crippen molar-refractivity contribution in [1.82, 2.24) is 20.3 Å². The molecule has 2 heterocycles. The van der Waals surface area contributed by atoms with E-state index >= 15 is 0 Å². The zero-order valence-corrected chi connectivity index (χ0v) is 19.7. The first-order valence-electron chi connectivity index (χ1n) is 8.69. The number of amides is 1. The maximum Gasteiger partial charge on any atom is 0.404 e. The fraction of sp³-hybridized carbons (Fsp3) is 0.412. The van der Waals surface area contributed by atoms with Crippen LogP contribution >= 0.6 is 69.6 Å². The Bertz CT molecular complexity index is 908. The first-order chi connectivity index (χ1) is 13.9. The first-order valence-corrected chi connectivity index (χ1v) is 11.0. The summed E-state index contributed by atoms with van der Waals surface area (Å²) in [6, 6.07) is 6.54. The Labute approximate surface area is 202 Å². The van der Waals surface area contributed by atoms with Gasteiger partial charge in [-0.1, -0.05) is 93.9 Å². The molecule has 1 fully saturated rings. The number of benzene rings is 1. The van der Waals surface area contributed by atoms with Gasteiger partial charge in [0.25, 0.3) is 0 Å². The monoisotopic (exact) mass is 531 g/mol. The topological polar surface area (TPSA) is 91.2 Å². The zero-order valence-electron chi connectivity index (χ0n) is 15.1. The molecule has 0 saturated carbocycles. The Kier molecular flexibility index (Phi) is 7.32. The molecule has 1 aliphatic rings. The second kappa shape index (κ2) is 9.27. The lowest BCUT2D eigenvalue weighted by Crippen LogP contribution is -2.45. The molecule has 0 bridgehead atoms. The number of piperidine rings is 1. The van der Waals surface area contributed by atoms with E-state index in [0.717, 1.165) is 0 Å². The number of hydrogen-bond acceptors (Lipinski definition) is 5. The molecule has 1 aliphatic heterocycles. The predicted molar refractivity (Wildman–Crippen MR) is 120 cm³/mol. The van der Waals surface area contributed by atoms with E-state index in [4.69, 9.17) is 74.7 Å². The molecule has 0 spiro atoms. The molecule has 1 aromatic heterocycles. The van der Waals surface area contributed by atoms with Crippen LogP contribution in [-0.2, 0) is 7.59 Å². The van der Waals surface area contributed by atoms with Crippen LogP contribution in [0.5, 0.6) is 0 Å². The van der Waals surface area contributed by atoms with E-state index in [1.807, 2.05) is 4.90 Å². The highest BCUT2D eigenvalue weighted by molar-refractivity contribution is 6.67. The quantitative estimate of drug-likeness (QED) is 0.511. The number of hydrogen-bond donors (Lipinski definition) is 2. The Balaban J connectivity index is 1.91. The van der Waals surface area contributed by atoms with Gasteiger partial charge in [0.05, 0.1) is 0 Å². The van der Waals surface area contributed by atoms with Crippen LogP contribution in [0.4, 0.5) is 10.7 Å². The zero-order chi connectivity index (χ0) is 22.1. The normalized spacial score (nSPS) is 15.9. The van der Waals surface area contributed by atoms with Crippen molar-refractivity contribution in [2.75, 3.05) is 18.0 Å². The van der Waals surface area contributed by atoms with Gasteiger partial charge in [0, 0.05) is 30.3 Å². The molecule has 30 heavy (non-hydrogen) atoms. The lowest BCUT2D eigenvalue weighted by molar-refractivity contribution is 0.187. The van der Waals surface area contributed by atoms with Crippen LogP contribution in [0.3, 0.4) is 0 Å². The summed E-state index contributed by atoms with van der Waals surface area (Å²) in [6.45, 7) is 1.06. The van der Waals surface area contributed by atoms with Gasteiger partial charge in [-0.3, -0.25) is 0 Å². The van der Waals surface area contributed by atoms with Crippen molar-refractivity contribution in [1.29, 1.82) is 0 Å². The van der Waals surface area contributed by atoms with Gasteiger partial charge in [-0.05, 0) is 12.8 Å². The van der Waals surface area contributed by atoms with E-state index in [2.05, 4.69) is 20.3 Å². The number of nitrogens with zero attached hydrogens (tertiary/aromatic N) is 4. The molecule has 13 heteroatoms. The van der Waals surface area contributed by atoms with Crippen LogP contribution in [0.1, 0.15) is 24.2 Å². The molecule has 0 unspecified atom stereocenters. The second-order valence-electron chi connectivity index (χ2n) is 6.57. The van der Waals surface area contributed by atoms with Crippen LogP contribution in [0.15, 0.2) is 24.3 Å². The van der Waals surface area contributed by atoms with E-state index in [9.17, 15) is 4.79 Å². The summed E-state index contributed by atoms with van der Waals surface area (Å²) in [6.07, 6.45) is 0.135. The van der Waals surface area contributed by atoms with Crippen LogP contribution in [0.2, 0.25) is 0 Å². The average molecular weight is 534 g/mol. The van der Waals surface area contributed by atoms with Gasteiger partial charge in [0.2, 0.25) is 13.5 Å². The van der Waals surface area contributed by atoms with Gasteiger partial charge in [-0.15, -0.1) is 0 Å².